The number of nitrogen functional groups attached to an aromatic ring is 1. The monoisotopic (exact) mass is 430 g/mol. The van der Waals surface area contributed by atoms with Crippen molar-refractivity contribution in [3.8, 4) is 0 Å². The highest BCUT2D eigenvalue weighted by Crippen LogP contribution is 2.42. The lowest BCUT2D eigenvalue weighted by Gasteiger charge is -2.41. The molecule has 1 aliphatic rings. The summed E-state index contributed by atoms with van der Waals surface area (Å²) in [4.78, 5) is 0. The van der Waals surface area contributed by atoms with Gasteiger partial charge in [-0.1, -0.05) is 56.6 Å². The van der Waals surface area contributed by atoms with Gasteiger partial charge in [0.2, 0.25) is 0 Å². The van der Waals surface area contributed by atoms with Crippen molar-refractivity contribution in [2.45, 2.75) is 76.4 Å². The summed E-state index contributed by atoms with van der Waals surface area (Å²) < 4.78 is 6.94. The maximum atomic E-state index is 6.94. The van der Waals surface area contributed by atoms with Crippen molar-refractivity contribution in [2.24, 2.45) is 0 Å². The van der Waals surface area contributed by atoms with Gasteiger partial charge in [0.25, 0.3) is 0 Å². The van der Waals surface area contributed by atoms with E-state index in [9.17, 15) is 0 Å². The number of halogens is 1. The van der Waals surface area contributed by atoms with Crippen LogP contribution in [0, 0.1) is 0 Å². The Kier molecular flexibility index (Phi) is 6.79. The Morgan fingerprint density at radius 3 is 2.45 bits per heavy atom. The van der Waals surface area contributed by atoms with Gasteiger partial charge in [-0.15, -0.1) is 0 Å². The Morgan fingerprint density at radius 2 is 1.83 bits per heavy atom. The molecular weight excluding hydrogens is 396 g/mol. The molecule has 0 spiro atoms. The van der Waals surface area contributed by atoms with Crippen LogP contribution >= 0.6 is 11.6 Å². The minimum atomic E-state index is -1.94. The molecule has 0 aromatic heterocycles. The van der Waals surface area contributed by atoms with Crippen molar-refractivity contribution in [2.75, 3.05) is 5.73 Å². The summed E-state index contributed by atoms with van der Waals surface area (Å²) in [5.74, 6) is 0. The van der Waals surface area contributed by atoms with Gasteiger partial charge in [0.15, 0.2) is 8.32 Å². The predicted octanol–water partition coefficient (Wildman–Crippen LogP) is 6.35. The number of nitrogens with one attached hydrogen (secondary N) is 1. The maximum absolute atomic E-state index is 6.94. The van der Waals surface area contributed by atoms with Crippen LogP contribution in [-0.2, 0) is 10.8 Å². The van der Waals surface area contributed by atoms with Crippen LogP contribution in [0.4, 0.5) is 5.69 Å². The van der Waals surface area contributed by atoms with Crippen LogP contribution in [0.15, 0.2) is 48.5 Å². The Bertz CT molecular complexity index is 816. The largest absolute Gasteiger partial charge is 0.408 e. The summed E-state index contributed by atoms with van der Waals surface area (Å²) in [6.07, 6.45) is 3.28. The van der Waals surface area contributed by atoms with Crippen molar-refractivity contribution in [1.82, 2.24) is 5.32 Å². The Balaban J connectivity index is 1.78. The van der Waals surface area contributed by atoms with E-state index < -0.39 is 8.32 Å². The third-order valence-corrected chi connectivity index (χ3v) is 11.2. The van der Waals surface area contributed by atoms with E-state index in [-0.39, 0.29) is 11.1 Å². The van der Waals surface area contributed by atoms with Crippen LogP contribution in [0.3, 0.4) is 0 Å². The van der Waals surface area contributed by atoms with Crippen molar-refractivity contribution in [3.05, 3.63) is 64.7 Å². The lowest BCUT2D eigenvalue weighted by Crippen LogP contribution is -2.46. The molecule has 2 aromatic rings. The van der Waals surface area contributed by atoms with E-state index >= 15 is 0 Å². The summed E-state index contributed by atoms with van der Waals surface area (Å²) in [6.45, 7) is 11.5. The van der Waals surface area contributed by atoms with Crippen LogP contribution in [-0.4, -0.2) is 20.4 Å². The summed E-state index contributed by atoms with van der Waals surface area (Å²) in [5.41, 5.74) is 9.14. The number of nitrogens with two attached hydrogens (primary N) is 1. The van der Waals surface area contributed by atoms with Gasteiger partial charge in [-0.3, -0.25) is 0 Å². The summed E-state index contributed by atoms with van der Waals surface area (Å²) >= 11 is 6.33. The third-order valence-electron chi connectivity index (χ3n) is 6.51. The topological polar surface area (TPSA) is 47.3 Å². The molecule has 1 saturated heterocycles. The highest BCUT2D eigenvalue weighted by atomic mass is 35.5. The fourth-order valence-corrected chi connectivity index (χ4v) is 5.24. The Hall–Kier alpha value is -1.33. The Labute approximate surface area is 182 Å². The van der Waals surface area contributed by atoms with Crippen LogP contribution in [0.5, 0.6) is 0 Å². The number of anilines is 1. The molecule has 0 radical (unpaired) electrons. The SMILES string of the molecule is CC(C)(C)[Si](C)(C)OC(c1cccc(Cl)c1)C1CCC(Cc2ccc(N)cc2)N1. The molecule has 1 fully saturated rings. The molecule has 0 saturated carbocycles. The van der Waals surface area contributed by atoms with Crippen LogP contribution in [0.2, 0.25) is 23.2 Å². The number of benzene rings is 2. The summed E-state index contributed by atoms with van der Waals surface area (Å²) in [5, 5.41) is 4.79. The van der Waals surface area contributed by atoms with Gasteiger partial charge in [-0.05, 0) is 72.8 Å². The quantitative estimate of drug-likeness (QED) is 0.414. The van der Waals surface area contributed by atoms with E-state index in [1.165, 1.54) is 11.1 Å². The molecule has 2 aromatic carbocycles. The average molecular weight is 431 g/mol. The first kappa shape index (κ1) is 22.4. The minimum Gasteiger partial charge on any atom is -0.408 e. The highest BCUT2D eigenvalue weighted by Gasteiger charge is 2.42. The first-order chi connectivity index (χ1) is 13.5. The lowest BCUT2D eigenvalue weighted by atomic mass is 10.0. The molecule has 3 N–H and O–H groups in total. The zero-order valence-corrected chi connectivity index (χ0v) is 20.1. The van der Waals surface area contributed by atoms with E-state index in [1.807, 2.05) is 24.3 Å². The van der Waals surface area contributed by atoms with E-state index in [2.05, 4.69) is 63.4 Å². The summed E-state index contributed by atoms with van der Waals surface area (Å²) in [7, 11) is -1.94. The first-order valence-electron chi connectivity index (χ1n) is 10.6. The van der Waals surface area contributed by atoms with Gasteiger partial charge >= 0.3 is 0 Å². The molecule has 1 aliphatic heterocycles. The van der Waals surface area contributed by atoms with Gasteiger partial charge in [0.1, 0.15) is 0 Å². The molecule has 29 heavy (non-hydrogen) atoms. The molecule has 3 unspecified atom stereocenters. The minimum absolute atomic E-state index is 0.0195. The molecule has 0 aliphatic carbocycles. The van der Waals surface area contributed by atoms with Crippen molar-refractivity contribution in [1.29, 1.82) is 0 Å². The summed E-state index contributed by atoms with van der Waals surface area (Å²) in [6, 6.07) is 17.1. The average Bonchev–Trinajstić information content (AvgIpc) is 3.09. The van der Waals surface area contributed by atoms with Gasteiger partial charge in [0, 0.05) is 22.8 Å². The second-order valence-electron chi connectivity index (χ2n) is 9.85. The fraction of sp³-hybridized carbons (Fsp3) is 0.500. The molecule has 3 nitrogen and oxygen atoms in total. The van der Waals surface area contributed by atoms with Crippen LogP contribution < -0.4 is 11.1 Å². The van der Waals surface area contributed by atoms with Crippen molar-refractivity contribution in [3.63, 3.8) is 0 Å². The van der Waals surface area contributed by atoms with E-state index in [1.54, 1.807) is 0 Å². The second kappa shape index (κ2) is 8.81. The number of hydrogen-bond acceptors (Lipinski definition) is 3. The van der Waals surface area contributed by atoms with Gasteiger partial charge < -0.3 is 15.5 Å². The van der Waals surface area contributed by atoms with Crippen molar-refractivity contribution >= 4 is 25.6 Å². The molecule has 3 rings (SSSR count). The van der Waals surface area contributed by atoms with E-state index in [0.29, 0.717) is 12.1 Å². The van der Waals surface area contributed by atoms with E-state index in [4.69, 9.17) is 21.8 Å². The normalized spacial score (nSPS) is 21.3. The molecule has 5 heteroatoms. The van der Waals surface area contributed by atoms with Gasteiger partial charge in [0.05, 0.1) is 6.10 Å². The molecular formula is C24H35ClN2OSi. The zero-order valence-electron chi connectivity index (χ0n) is 18.3. The van der Waals surface area contributed by atoms with Gasteiger partial charge in [-0.25, -0.2) is 0 Å². The Morgan fingerprint density at radius 1 is 1.14 bits per heavy atom. The second-order valence-corrected chi connectivity index (χ2v) is 15.0. The standard InChI is InChI=1S/C24H35ClN2OSi/c1-24(2,3)29(4,5)28-23(18-7-6-8-19(25)16-18)22-14-13-21(27-22)15-17-9-11-20(26)12-10-17/h6-12,16,21-23,27H,13-15,26H2,1-5H3. The predicted molar refractivity (Wildman–Crippen MR) is 127 cm³/mol. The molecule has 1 heterocycles. The maximum Gasteiger partial charge on any atom is 0.192 e. The third kappa shape index (κ3) is 5.63. The first-order valence-corrected chi connectivity index (χ1v) is 13.9. The highest BCUT2D eigenvalue weighted by molar-refractivity contribution is 6.74. The number of rotatable bonds is 6. The van der Waals surface area contributed by atoms with E-state index in [0.717, 1.165) is 30.0 Å². The van der Waals surface area contributed by atoms with Crippen LogP contribution in [0.1, 0.15) is 50.8 Å². The zero-order chi connectivity index (χ0) is 21.2. The van der Waals surface area contributed by atoms with Crippen LogP contribution in [0.25, 0.3) is 0 Å². The number of hydrogen-bond donors (Lipinski definition) is 2. The molecule has 158 valence electrons. The van der Waals surface area contributed by atoms with Crippen molar-refractivity contribution < 1.29 is 4.43 Å². The van der Waals surface area contributed by atoms with Gasteiger partial charge in [-0.2, -0.15) is 0 Å². The lowest BCUT2D eigenvalue weighted by molar-refractivity contribution is 0.143. The molecule has 3 atom stereocenters. The fourth-order valence-electron chi connectivity index (χ4n) is 3.75. The smallest absolute Gasteiger partial charge is 0.192 e. The molecule has 0 bridgehead atoms. The molecule has 0 amide bonds.